The van der Waals surface area contributed by atoms with Gasteiger partial charge in [0.1, 0.15) is 57.3 Å². The molecule has 0 radical (unpaired) electrons. The summed E-state index contributed by atoms with van der Waals surface area (Å²) in [6, 6.07) is 37.0. The Hall–Kier alpha value is -5.03. The number of aromatic hydroxyl groups is 1. The van der Waals surface area contributed by atoms with Gasteiger partial charge in [-0.15, -0.1) is 23.2 Å². The number of nitrogens with two attached hydrogens (primary N) is 3. The van der Waals surface area contributed by atoms with Crippen LogP contribution >= 0.6 is 126 Å². The van der Waals surface area contributed by atoms with Crippen LogP contribution < -0.4 is 236 Å². The van der Waals surface area contributed by atoms with Gasteiger partial charge >= 0.3 is 170 Å². The predicted molar refractivity (Wildman–Crippen MR) is 462 cm³/mol. The topological polar surface area (TPSA) is 402 Å². The fraction of sp³-hybridized carbons (Fsp3) is 0.160. The van der Waals surface area contributed by atoms with Gasteiger partial charge in [0.05, 0.1) is 47.8 Å². The minimum Gasteiger partial charge on any atom is -1.00 e. The van der Waals surface area contributed by atoms with Crippen molar-refractivity contribution < 1.29 is 265 Å². The average Bonchev–Trinajstić information content (AvgIpc) is 0.808. The molecular formula is C75H67BCl5F9I4K2N13NaO14. The number of hydrogen-bond acceptors (Lipinski definition) is 20. The van der Waals surface area contributed by atoms with Crippen LogP contribution in [0.3, 0.4) is 0 Å². The maximum absolute atomic E-state index is 13.2. The van der Waals surface area contributed by atoms with E-state index in [9.17, 15) is 63.5 Å². The number of benzene rings is 7. The molecule has 0 bridgehead atoms. The molecule has 0 aliphatic carbocycles. The van der Waals surface area contributed by atoms with Crippen molar-refractivity contribution in [2.24, 2.45) is 5.41 Å². The molecule has 124 heavy (non-hydrogen) atoms. The summed E-state index contributed by atoms with van der Waals surface area (Å²) in [6.45, 7) is 4.58. The van der Waals surface area contributed by atoms with Crippen molar-refractivity contribution in [3.63, 3.8) is 0 Å². The van der Waals surface area contributed by atoms with Crippen LogP contribution in [-0.4, -0.2) is 103 Å². The molecule has 3 aromatic heterocycles. The van der Waals surface area contributed by atoms with Crippen molar-refractivity contribution in [3.05, 3.63) is 242 Å². The van der Waals surface area contributed by atoms with Crippen LogP contribution in [0.2, 0.25) is 15.1 Å². The third kappa shape index (κ3) is 40.5. The molecule has 1 fully saturated rings. The monoisotopic (exact) mass is 2340 g/mol. The number of anilines is 7. The van der Waals surface area contributed by atoms with Crippen LogP contribution in [0.1, 0.15) is 63.4 Å². The summed E-state index contributed by atoms with van der Waals surface area (Å²) in [4.78, 5) is 83.2. The van der Waals surface area contributed by atoms with Gasteiger partial charge in [-0.05, 0) is 213 Å². The summed E-state index contributed by atoms with van der Waals surface area (Å²) in [5, 5.41) is 33.6. The number of nitrogens with one attached hydrogen (secondary N) is 7. The van der Waals surface area contributed by atoms with E-state index in [-0.39, 0.29) is 232 Å². The van der Waals surface area contributed by atoms with E-state index in [1.54, 1.807) is 92.0 Å². The Morgan fingerprint density at radius 1 is 0.508 bits per heavy atom. The number of urea groups is 2. The zero-order valence-electron chi connectivity index (χ0n) is 66.7. The summed E-state index contributed by atoms with van der Waals surface area (Å²) in [7, 11) is 3.70. The first kappa shape index (κ1) is 117. The molecule has 11 rings (SSSR count). The van der Waals surface area contributed by atoms with Crippen molar-refractivity contribution in [2.45, 2.75) is 32.4 Å². The van der Waals surface area contributed by atoms with E-state index in [2.05, 4.69) is 79.6 Å². The second kappa shape index (κ2) is 57.2. The third-order valence-electron chi connectivity index (χ3n) is 14.5. The number of halogens is 18. The fourth-order valence-corrected chi connectivity index (χ4v) is 11.6. The van der Waals surface area contributed by atoms with Crippen molar-refractivity contribution in [1.29, 1.82) is 0 Å². The van der Waals surface area contributed by atoms with Crippen LogP contribution in [0.4, 0.5) is 88.9 Å². The van der Waals surface area contributed by atoms with E-state index in [0.29, 0.717) is 85.2 Å². The minimum absolute atomic E-state index is 0. The molecule has 27 nitrogen and oxygen atoms in total. The largest absolute Gasteiger partial charge is 1.00 e. The number of aromatic nitrogens is 3. The molecule has 7 aromatic carbocycles. The summed E-state index contributed by atoms with van der Waals surface area (Å²) in [5.74, 6) is 2.03. The maximum atomic E-state index is 13.2. The number of hydrogen-bond donors (Lipinski definition) is 11. The van der Waals surface area contributed by atoms with Crippen molar-refractivity contribution in [1.82, 2.24) is 30.9 Å². The molecule has 648 valence electrons. The summed E-state index contributed by atoms with van der Waals surface area (Å²) in [5.41, 5.74) is 16.0. The second-order valence-corrected chi connectivity index (χ2v) is 29.7. The predicted octanol–water partition coefficient (Wildman–Crippen LogP) is 6.40. The number of carbonyl (C=O) groups excluding carboxylic acids is 6. The number of phenolic OH excluding ortho intramolecular Hbond substituents is 1. The van der Waals surface area contributed by atoms with E-state index in [1.807, 2.05) is 65.1 Å². The zero-order chi connectivity index (χ0) is 89.4. The van der Waals surface area contributed by atoms with E-state index >= 15 is 0 Å². The van der Waals surface area contributed by atoms with Crippen LogP contribution in [0, 0.1) is 16.1 Å². The standard InChI is InChI=1S/C26H25BClF3N4O5.C21H15ClF3IN4O3.C13H12IN3O2.C7H5ClF3N.C6H6INO.CH2Cl2.CH2O3.HI.2K.Na.H/c1-25(2)13-38-27(39-14-25)19-11-16(5-7-22(19)40-17-8-9-33-21(12-17)23(36)32-3)35-24(37)34-15-4-6-20(28)18(10-15)26(29,30)31;1-27-19(31)17-10-13(6-7-28-17)33-18-5-3-12(9-16(18)26)30-20(32)29-11-2-4-15(22)14(8-11)21(23,24)25;1-16-13(18)11-7-9(4-5-17-11)19-12-3-2-8(15)6-10(12)14;8-6-2-1-4(12)3-5(6)7(9,10)11;7-5-3-4(8)1-2-6(5)9;2-1-3;2-1-4-3;;;;;/h4-12H,13-14H2,1-3H3,(H,32,36)(H2,34,35,37);2-10H,1H3,(H,27,31)(H2,29,30,32);2-7H,15H2,1H3,(H,16,18);1-3H,12H2;1-3,9H,8H2;1H2;1,3H;1H;;;;/q;;;;;;;;3*+1;-1/p-2/i;;;;;;;1-3;;;;. The second-order valence-electron chi connectivity index (χ2n) is 24.2. The van der Waals surface area contributed by atoms with Crippen molar-refractivity contribution in [2.75, 3.05) is 78.2 Å². The van der Waals surface area contributed by atoms with Gasteiger partial charge in [-0.25, -0.2) is 9.59 Å². The first-order valence-corrected chi connectivity index (χ1v) is 38.8. The molecule has 4 heterocycles. The Balaban J connectivity index is 0.00000161. The van der Waals surface area contributed by atoms with E-state index in [0.717, 1.165) is 43.5 Å². The first-order chi connectivity index (χ1) is 56.4. The van der Waals surface area contributed by atoms with E-state index in [4.69, 9.17) is 114 Å². The third-order valence-corrected chi connectivity index (χ3v) is 18.1. The smallest absolute Gasteiger partial charge is 1.00 e. The van der Waals surface area contributed by atoms with Gasteiger partial charge in [0.2, 0.25) is 0 Å². The van der Waals surface area contributed by atoms with Crippen LogP contribution in [0.5, 0.6) is 40.2 Å². The Morgan fingerprint density at radius 2 is 0.806 bits per heavy atom. The SMILES string of the molecule is CNC(=O)c1cc(Oc2ccc(N)cc2I)ccn1.CNC(=O)c1cc(Oc2ccc(NC(=O)Nc3ccc(Cl)c(C(F)(F)F)c3)cc2B2OCC(C)(C)CO2)ccn1.CNC(=O)c1cc(Oc2ccc(NC(=O)Nc3ccc(Cl)c(C(F)(F)F)c3)cc2I)ccn1.ClCCl.Nc1ccc(Cl)c(C(F)(F)F)c1.Nc1ccc(O)c(I)c1.O=CO[O-].[124I-].[H-].[K+].[K+].[Na+]. The molecule has 0 atom stereocenters. The Labute approximate surface area is 895 Å². The maximum Gasteiger partial charge on any atom is 1.00 e. The molecule has 14 N–H and O–H groups in total. The van der Waals surface area contributed by atoms with Gasteiger partial charge in [-0.2, -0.15) is 39.5 Å². The number of phenols is 1. The number of carbonyl (C=O) groups is 6. The summed E-state index contributed by atoms with van der Waals surface area (Å²) in [6.07, 6.45) is -9.37. The van der Waals surface area contributed by atoms with Crippen LogP contribution in [0.25, 0.3) is 0 Å². The van der Waals surface area contributed by atoms with Gasteiger partial charge < -0.3 is 119 Å². The van der Waals surface area contributed by atoms with Gasteiger partial charge in [0.15, 0.2) is 0 Å². The minimum atomic E-state index is -4.68. The van der Waals surface area contributed by atoms with E-state index in [1.165, 1.54) is 69.1 Å². The normalized spacial score (nSPS) is 11.4. The molecule has 0 unspecified atom stereocenters. The van der Waals surface area contributed by atoms with Gasteiger partial charge in [-0.3, -0.25) is 34.1 Å². The van der Waals surface area contributed by atoms with Crippen molar-refractivity contribution >= 4 is 214 Å². The van der Waals surface area contributed by atoms with E-state index < -0.39 is 64.4 Å². The molecule has 0 spiro atoms. The molecule has 1 aliphatic heterocycles. The average molecular weight is 2340 g/mol. The number of nitrogen functional groups attached to an aromatic ring is 3. The molecular weight excluding hydrogens is 2270 g/mol. The first-order valence-electron chi connectivity index (χ1n) is 33.3. The van der Waals surface area contributed by atoms with Gasteiger partial charge in [0.25, 0.3) is 24.2 Å². The Bertz CT molecular complexity index is 5230. The number of nitrogens with zero attached hydrogens (tertiary/aromatic N) is 3. The summed E-state index contributed by atoms with van der Waals surface area (Å²) < 4.78 is 146. The van der Waals surface area contributed by atoms with Crippen LogP contribution in [0.15, 0.2) is 182 Å². The van der Waals surface area contributed by atoms with Crippen molar-refractivity contribution in [3.8, 4) is 40.2 Å². The quantitative estimate of drug-likeness (QED) is 0.00609. The molecule has 49 heteroatoms. The Morgan fingerprint density at radius 3 is 1.15 bits per heavy atom. The summed E-state index contributed by atoms with van der Waals surface area (Å²) >= 11 is 32.2. The number of rotatable bonds is 15. The molecule has 10 aromatic rings. The van der Waals surface area contributed by atoms with Gasteiger partial charge in [-0.1, -0.05) is 48.7 Å². The fourth-order valence-electron chi connectivity index (χ4n) is 9.11. The molecule has 1 saturated heterocycles. The Kier molecular flexibility index (Phi) is 54.0. The van der Waals surface area contributed by atoms with Gasteiger partial charge in [0, 0.05) is 122 Å². The molecule has 0 saturated carbocycles. The number of alkyl halides is 11. The number of amides is 7. The van der Waals surface area contributed by atoms with Crippen LogP contribution in [-0.2, 0) is 37.5 Å². The zero-order valence-corrected chi connectivity index (χ0v) is 86.4. The molecule has 7 amide bonds. The molecule has 1 aliphatic rings. The number of pyridine rings is 3. The number of ether oxygens (including phenoxy) is 3.